The molecule has 0 aliphatic carbocycles. The third kappa shape index (κ3) is 3.53. The molecule has 0 spiro atoms. The summed E-state index contributed by atoms with van der Waals surface area (Å²) in [5, 5.41) is 1.10. The third-order valence-corrected chi connectivity index (χ3v) is 3.78. The molecule has 0 atom stereocenters. The quantitative estimate of drug-likeness (QED) is 0.520. The molecule has 0 aliphatic rings. The summed E-state index contributed by atoms with van der Waals surface area (Å²) in [4.78, 5) is 5.11. The first-order valence-corrected chi connectivity index (χ1v) is 6.67. The first kappa shape index (κ1) is 12.6. The van der Waals surface area contributed by atoms with E-state index in [9.17, 15) is 0 Å². The van der Waals surface area contributed by atoms with Gasteiger partial charge in [-0.25, -0.2) is 4.98 Å². The van der Waals surface area contributed by atoms with Crippen molar-refractivity contribution in [2.24, 2.45) is 0 Å². The maximum atomic E-state index is 5.95. The summed E-state index contributed by atoms with van der Waals surface area (Å²) in [6, 6.07) is 9.37. The van der Waals surface area contributed by atoms with Gasteiger partial charge in [0, 0.05) is 16.8 Å². The fourth-order valence-corrected chi connectivity index (χ4v) is 2.48. The molecule has 0 aliphatic heterocycles. The number of nitrogens with zero attached hydrogens (tertiary/aromatic N) is 1. The van der Waals surface area contributed by atoms with Crippen LogP contribution in [0.5, 0.6) is 0 Å². The van der Waals surface area contributed by atoms with Crippen molar-refractivity contribution in [1.82, 2.24) is 4.98 Å². The van der Waals surface area contributed by atoms with E-state index >= 15 is 0 Å². The second-order valence-electron chi connectivity index (χ2n) is 3.46. The van der Waals surface area contributed by atoms with E-state index < -0.39 is 0 Å². The molecule has 0 unspecified atom stereocenters. The molecule has 1 aromatic heterocycles. The highest BCUT2D eigenvalue weighted by molar-refractivity contribution is 7.98. The van der Waals surface area contributed by atoms with Crippen molar-refractivity contribution < 1.29 is 0 Å². The molecule has 0 radical (unpaired) electrons. The molecule has 0 fully saturated rings. The molecule has 0 saturated heterocycles. The summed E-state index contributed by atoms with van der Waals surface area (Å²) in [6.45, 7) is 0. The van der Waals surface area contributed by atoms with Gasteiger partial charge in [0.25, 0.3) is 0 Å². The minimum absolute atomic E-state index is 0.509. The lowest BCUT2D eigenvalue weighted by molar-refractivity contribution is 1.25. The molecule has 17 heavy (non-hydrogen) atoms. The largest absolute Gasteiger partial charge is 0.398 e. The van der Waals surface area contributed by atoms with Crippen LogP contribution in [0.4, 0.5) is 5.69 Å². The van der Waals surface area contributed by atoms with Gasteiger partial charge in [-0.2, -0.15) is 0 Å². The molecular formula is C12H10Cl2N2S. The Hall–Kier alpha value is -0.900. The van der Waals surface area contributed by atoms with Gasteiger partial charge in [-0.3, -0.25) is 0 Å². The van der Waals surface area contributed by atoms with Crippen LogP contribution >= 0.6 is 35.0 Å². The number of benzene rings is 1. The van der Waals surface area contributed by atoms with Crippen molar-refractivity contribution in [3.63, 3.8) is 0 Å². The number of nitrogen functional groups attached to an aromatic ring is 1. The average Bonchev–Trinajstić information content (AvgIpc) is 2.33. The zero-order valence-corrected chi connectivity index (χ0v) is 11.2. The number of hydrogen-bond donors (Lipinski definition) is 1. The van der Waals surface area contributed by atoms with Crippen LogP contribution in [0.1, 0.15) is 5.56 Å². The predicted octanol–water partition coefficient (Wildman–Crippen LogP) is 4.26. The summed E-state index contributed by atoms with van der Waals surface area (Å²) in [5.74, 6) is 0.824. The van der Waals surface area contributed by atoms with E-state index in [0.717, 1.165) is 16.2 Å². The lowest BCUT2D eigenvalue weighted by atomic mass is 10.3. The highest BCUT2D eigenvalue weighted by Crippen LogP contribution is 2.28. The average molecular weight is 285 g/mol. The number of nitrogens with two attached hydrogens (primary N) is 1. The maximum absolute atomic E-state index is 5.95. The van der Waals surface area contributed by atoms with E-state index in [0.29, 0.717) is 15.9 Å². The van der Waals surface area contributed by atoms with Gasteiger partial charge in [0.1, 0.15) is 5.15 Å². The van der Waals surface area contributed by atoms with Gasteiger partial charge in [-0.05, 0) is 29.8 Å². The predicted molar refractivity (Wildman–Crippen MR) is 74.7 cm³/mol. The van der Waals surface area contributed by atoms with Gasteiger partial charge in [-0.1, -0.05) is 29.3 Å². The summed E-state index contributed by atoms with van der Waals surface area (Å²) < 4.78 is 0. The number of aromatic nitrogens is 1. The Balaban J connectivity index is 2.02. The Kier molecular flexibility index (Phi) is 4.15. The summed E-state index contributed by atoms with van der Waals surface area (Å²) in [5.41, 5.74) is 7.37. The SMILES string of the molecule is Nc1ccc(SCc2ccc(Cl)nc2)cc1Cl. The topological polar surface area (TPSA) is 38.9 Å². The highest BCUT2D eigenvalue weighted by Gasteiger charge is 2.00. The number of pyridine rings is 1. The lowest BCUT2D eigenvalue weighted by Gasteiger charge is -2.04. The number of anilines is 1. The molecule has 1 heterocycles. The van der Waals surface area contributed by atoms with Gasteiger partial charge in [0.15, 0.2) is 0 Å². The van der Waals surface area contributed by atoms with Gasteiger partial charge in [-0.15, -0.1) is 11.8 Å². The van der Waals surface area contributed by atoms with Crippen molar-refractivity contribution in [3.8, 4) is 0 Å². The smallest absolute Gasteiger partial charge is 0.129 e. The van der Waals surface area contributed by atoms with Gasteiger partial charge in [0.05, 0.1) is 10.7 Å². The fourth-order valence-electron chi connectivity index (χ4n) is 1.26. The molecule has 1 aromatic carbocycles. The summed E-state index contributed by atoms with van der Waals surface area (Å²) in [7, 11) is 0. The van der Waals surface area contributed by atoms with Crippen LogP contribution in [0.3, 0.4) is 0 Å². The summed E-state index contributed by atoms with van der Waals surface area (Å²) in [6.07, 6.45) is 1.77. The zero-order chi connectivity index (χ0) is 12.3. The van der Waals surface area contributed by atoms with E-state index in [2.05, 4.69) is 4.98 Å². The van der Waals surface area contributed by atoms with Crippen LogP contribution in [0.2, 0.25) is 10.2 Å². The second kappa shape index (κ2) is 5.63. The standard InChI is InChI=1S/C12H10Cl2N2S/c13-10-5-9(2-3-11(10)15)17-7-8-1-4-12(14)16-6-8/h1-6H,7,15H2. The fraction of sp³-hybridized carbons (Fsp3) is 0.0833. The van der Waals surface area contributed by atoms with Crippen LogP contribution in [0.15, 0.2) is 41.4 Å². The molecule has 0 amide bonds. The van der Waals surface area contributed by atoms with Crippen molar-refractivity contribution >= 4 is 40.7 Å². The Morgan fingerprint density at radius 1 is 1.18 bits per heavy atom. The molecule has 2 nitrogen and oxygen atoms in total. The van der Waals surface area contributed by atoms with E-state index in [-0.39, 0.29) is 0 Å². The number of halogens is 2. The van der Waals surface area contributed by atoms with Crippen LogP contribution in [-0.4, -0.2) is 4.98 Å². The molecule has 0 saturated carbocycles. The minimum Gasteiger partial charge on any atom is -0.398 e. The Labute approximate surface area is 114 Å². The van der Waals surface area contributed by atoms with Crippen LogP contribution < -0.4 is 5.73 Å². The first-order valence-electron chi connectivity index (χ1n) is 4.93. The van der Waals surface area contributed by atoms with E-state index in [1.54, 1.807) is 24.0 Å². The Bertz CT molecular complexity index is 514. The van der Waals surface area contributed by atoms with Crippen LogP contribution in [0.25, 0.3) is 0 Å². The second-order valence-corrected chi connectivity index (χ2v) is 5.30. The molecular weight excluding hydrogens is 275 g/mol. The van der Waals surface area contributed by atoms with Crippen molar-refractivity contribution in [3.05, 3.63) is 52.3 Å². The molecule has 2 aromatic rings. The lowest BCUT2D eigenvalue weighted by Crippen LogP contribution is -1.86. The number of rotatable bonds is 3. The zero-order valence-electron chi connectivity index (χ0n) is 8.86. The van der Waals surface area contributed by atoms with E-state index in [1.165, 1.54) is 0 Å². The van der Waals surface area contributed by atoms with Crippen molar-refractivity contribution in [2.45, 2.75) is 10.6 Å². The monoisotopic (exact) mass is 284 g/mol. The maximum Gasteiger partial charge on any atom is 0.129 e. The molecule has 5 heteroatoms. The van der Waals surface area contributed by atoms with Gasteiger partial charge < -0.3 is 5.73 Å². The third-order valence-electron chi connectivity index (χ3n) is 2.17. The molecule has 2 rings (SSSR count). The van der Waals surface area contributed by atoms with Crippen molar-refractivity contribution in [2.75, 3.05) is 5.73 Å². The summed E-state index contributed by atoms with van der Waals surface area (Å²) >= 11 is 13.3. The van der Waals surface area contributed by atoms with Gasteiger partial charge >= 0.3 is 0 Å². The minimum atomic E-state index is 0.509. The molecule has 0 bridgehead atoms. The number of thioether (sulfide) groups is 1. The van der Waals surface area contributed by atoms with Crippen molar-refractivity contribution in [1.29, 1.82) is 0 Å². The van der Waals surface area contributed by atoms with E-state index in [4.69, 9.17) is 28.9 Å². The van der Waals surface area contributed by atoms with E-state index in [1.807, 2.05) is 24.3 Å². The molecule has 88 valence electrons. The molecule has 2 N–H and O–H groups in total. The van der Waals surface area contributed by atoms with Crippen LogP contribution in [0, 0.1) is 0 Å². The first-order chi connectivity index (χ1) is 8.15. The Morgan fingerprint density at radius 3 is 2.65 bits per heavy atom. The number of hydrogen-bond acceptors (Lipinski definition) is 3. The van der Waals surface area contributed by atoms with Gasteiger partial charge in [0.2, 0.25) is 0 Å². The normalized spacial score (nSPS) is 10.5. The highest BCUT2D eigenvalue weighted by atomic mass is 35.5. The van der Waals surface area contributed by atoms with Crippen LogP contribution in [-0.2, 0) is 5.75 Å². The Morgan fingerprint density at radius 2 is 2.00 bits per heavy atom.